The Labute approximate surface area is 36.9 Å². The van der Waals surface area contributed by atoms with Crippen molar-refractivity contribution in [2.24, 2.45) is 0 Å². The molecule has 1 nitrogen and oxygen atoms in total. The van der Waals surface area contributed by atoms with E-state index in [-0.39, 0.29) is 0 Å². The largest absolute Gasteiger partial charge is 0.333 e. The molecule has 0 aliphatic heterocycles. The Hall–Kier alpha value is 0.0500. The fraction of sp³-hybridized carbons (Fsp3) is 0.333. The number of rotatable bonds is 0. The van der Waals surface area contributed by atoms with Crippen molar-refractivity contribution < 1.29 is 4.55 Å². The summed E-state index contributed by atoms with van der Waals surface area (Å²) in [6.07, 6.45) is 5.50. The van der Waals surface area contributed by atoms with E-state index in [1.165, 1.54) is 6.42 Å². The van der Waals surface area contributed by atoms with Crippen LogP contribution in [-0.4, -0.2) is 4.55 Å². The van der Waals surface area contributed by atoms with Gasteiger partial charge < -0.3 is 4.55 Å². The lowest BCUT2D eigenvalue weighted by Crippen LogP contribution is -0.956. The summed E-state index contributed by atoms with van der Waals surface area (Å²) in [5, 5.41) is 0. The van der Waals surface area contributed by atoms with Crippen LogP contribution in [0.1, 0.15) is 6.42 Å². The van der Waals surface area contributed by atoms with Gasteiger partial charge in [0.2, 0.25) is 0 Å². The van der Waals surface area contributed by atoms with Crippen molar-refractivity contribution in [3.8, 4) is 0 Å². The first-order valence-corrected chi connectivity index (χ1v) is 1.75. The molecule has 0 atom stereocenters. The van der Waals surface area contributed by atoms with Crippen LogP contribution >= 0.6 is 12.9 Å². The zero-order valence-corrected chi connectivity index (χ0v) is 3.65. The van der Waals surface area contributed by atoms with E-state index in [0.29, 0.717) is 0 Å². The van der Waals surface area contributed by atoms with Crippen molar-refractivity contribution in [3.63, 3.8) is 0 Å². The molecule has 1 N–H and O–H groups in total. The minimum absolute atomic E-state index is 1.25. The number of thiol groups is 1. The van der Waals surface area contributed by atoms with Crippen LogP contribution in [0.4, 0.5) is 0 Å². The Morgan fingerprint density at radius 2 is 1.60 bits per heavy atom. The highest BCUT2D eigenvalue weighted by Crippen LogP contribution is 1.96. The van der Waals surface area contributed by atoms with Crippen LogP contribution in [0.3, 0.4) is 0 Å². The lowest BCUT2D eigenvalue weighted by molar-refractivity contribution is 0.679. The van der Waals surface area contributed by atoms with E-state index in [2.05, 4.69) is 25.1 Å². The van der Waals surface area contributed by atoms with Gasteiger partial charge >= 0.3 is 0 Å². The maximum atomic E-state index is 6.69. The fourth-order valence-electron chi connectivity index (χ4n) is 0. The van der Waals surface area contributed by atoms with Crippen LogP contribution < -0.4 is 0 Å². The Morgan fingerprint density at radius 3 is 1.60 bits per heavy atom. The first kappa shape index (κ1) is 5.05. The van der Waals surface area contributed by atoms with Gasteiger partial charge in [-0.3, -0.25) is 0 Å². The second-order valence-corrected chi connectivity index (χ2v) is 0.707. The van der Waals surface area contributed by atoms with Gasteiger partial charge in [0.25, 0.3) is 0 Å². The zero-order valence-electron chi connectivity index (χ0n) is 2.76. The summed E-state index contributed by atoms with van der Waals surface area (Å²) in [6.45, 7) is 0. The molecule has 0 fully saturated rings. The van der Waals surface area contributed by atoms with E-state index in [1.807, 2.05) is 0 Å². The molecule has 0 spiro atoms. The van der Waals surface area contributed by atoms with Gasteiger partial charge in [-0.2, -0.15) is 0 Å². The molecule has 0 saturated carbocycles. The molecule has 0 saturated heterocycles. The molecule has 1 rings (SSSR count). The van der Waals surface area contributed by atoms with E-state index < -0.39 is 0 Å². The molecule has 30 valence electrons. The fourth-order valence-corrected chi connectivity index (χ4v) is 0. The van der Waals surface area contributed by atoms with Gasteiger partial charge in [0.15, 0.2) is 0 Å². The monoisotopic (exact) mass is 90.0 g/mol. The molecule has 1 aliphatic carbocycles. The van der Waals surface area contributed by atoms with Crippen LogP contribution in [-0.2, 0) is 0 Å². The second-order valence-electron chi connectivity index (χ2n) is 0.707. The molecule has 0 aromatic carbocycles. The highest BCUT2D eigenvalue weighted by atomic mass is 32.1. The first-order chi connectivity index (χ1) is 2.50. The summed E-state index contributed by atoms with van der Waals surface area (Å²) in [7, 11) is 0. The summed E-state index contributed by atoms with van der Waals surface area (Å²) < 4.78 is 6.69. The molecule has 1 aliphatic rings. The molecule has 0 heterocycles. The lowest BCUT2D eigenvalue weighted by atomic mass is 10.9. The minimum atomic E-state index is 1.25. The van der Waals surface area contributed by atoms with Crippen molar-refractivity contribution in [2.75, 3.05) is 0 Å². The predicted molar refractivity (Wildman–Crippen MR) is 25.4 cm³/mol. The van der Waals surface area contributed by atoms with Crippen LogP contribution in [0.2, 0.25) is 0 Å². The zero-order chi connectivity index (χ0) is 4.12. The molecule has 0 bridgehead atoms. The Kier molecular flexibility index (Phi) is 4.09. The third-order valence-electron chi connectivity index (χ3n) is 0.236. The van der Waals surface area contributed by atoms with Crippen LogP contribution in [0, 0.1) is 0 Å². The average molecular weight is 90.1 g/mol. The second kappa shape index (κ2) is 4.05. The van der Waals surface area contributed by atoms with Gasteiger partial charge in [0.05, 0.1) is 0 Å². The molecular weight excluding hydrogens is 84.1 g/mol. The summed E-state index contributed by atoms with van der Waals surface area (Å²) in [5.41, 5.74) is 0. The van der Waals surface area contributed by atoms with Crippen LogP contribution in [0.15, 0.2) is 12.2 Å². The molecule has 0 unspecified atom stereocenters. The van der Waals surface area contributed by atoms with Crippen LogP contribution in [0.25, 0.3) is 0 Å². The van der Waals surface area contributed by atoms with E-state index in [1.54, 1.807) is 0 Å². The Morgan fingerprint density at radius 1 is 1.40 bits per heavy atom. The maximum Gasteiger partial charge on any atom is -0.0169 e. The van der Waals surface area contributed by atoms with E-state index in [4.69, 9.17) is 4.55 Å². The highest BCUT2D eigenvalue weighted by molar-refractivity contribution is 7.74. The van der Waals surface area contributed by atoms with Crippen molar-refractivity contribution in [3.05, 3.63) is 12.2 Å². The number of hydrogen-bond donors (Lipinski definition) is 2. The first-order valence-electron chi connectivity index (χ1n) is 1.35. The van der Waals surface area contributed by atoms with Gasteiger partial charge in [-0.25, -0.2) is 0 Å². The van der Waals surface area contributed by atoms with Gasteiger partial charge in [0.1, 0.15) is 0 Å². The number of allylic oxidation sites excluding steroid dienone is 2. The molecule has 2 heteroatoms. The third-order valence-corrected chi connectivity index (χ3v) is 0.236. The summed E-state index contributed by atoms with van der Waals surface area (Å²) in [5.74, 6) is 0. The summed E-state index contributed by atoms with van der Waals surface area (Å²) >= 11 is 2.53. The molecule has 0 amide bonds. The van der Waals surface area contributed by atoms with E-state index >= 15 is 0 Å². The normalized spacial score (nSPS) is 12.4. The topological polar surface area (TPSA) is 20.2 Å². The molecule has 0 aromatic rings. The smallest absolute Gasteiger partial charge is 0.0169 e. The van der Waals surface area contributed by atoms with Gasteiger partial charge in [-0.15, -0.1) is 0 Å². The predicted octanol–water partition coefficient (Wildman–Crippen LogP) is 1.34. The Balaban J connectivity index is 0.0000000733. The lowest BCUT2D eigenvalue weighted by Gasteiger charge is -1.19. The maximum absolute atomic E-state index is 6.69. The van der Waals surface area contributed by atoms with Crippen LogP contribution in [0.5, 0.6) is 0 Å². The minimum Gasteiger partial charge on any atom is -0.333 e. The van der Waals surface area contributed by atoms with Crippen molar-refractivity contribution >= 4 is 12.9 Å². The molecule has 0 radical (unpaired) electrons. The number of hydrogen-bond acceptors (Lipinski definition) is 2. The quantitative estimate of drug-likeness (QED) is 0.261. The van der Waals surface area contributed by atoms with Crippen molar-refractivity contribution in [1.29, 1.82) is 0 Å². The van der Waals surface area contributed by atoms with E-state index in [0.717, 1.165) is 0 Å². The van der Waals surface area contributed by atoms with Crippen molar-refractivity contribution in [1.82, 2.24) is 0 Å². The van der Waals surface area contributed by atoms with Crippen molar-refractivity contribution in [2.45, 2.75) is 6.42 Å². The van der Waals surface area contributed by atoms with Gasteiger partial charge in [-0.1, -0.05) is 12.2 Å². The Bertz CT molecular complexity index is 29.9. The standard InChI is InChI=1S/C3H4.H2OS/c1-2-3-1;1-2/h1-2H,3H2;1-2H. The van der Waals surface area contributed by atoms with Gasteiger partial charge in [0, 0.05) is 0 Å². The highest BCUT2D eigenvalue weighted by Gasteiger charge is 1.75. The molecular formula is C3H6OS. The van der Waals surface area contributed by atoms with E-state index in [9.17, 15) is 0 Å². The average Bonchev–Trinajstić information content (AvgIpc) is 2.19. The SMILES string of the molecule is C1=CC1.OS. The summed E-state index contributed by atoms with van der Waals surface area (Å²) in [4.78, 5) is 0. The molecule has 0 aromatic heterocycles. The van der Waals surface area contributed by atoms with Gasteiger partial charge in [-0.05, 0) is 19.3 Å². The third kappa shape index (κ3) is 15.4. The molecule has 5 heavy (non-hydrogen) atoms. The summed E-state index contributed by atoms with van der Waals surface area (Å²) in [6, 6.07) is 0.